The fourth-order valence-electron chi connectivity index (χ4n) is 3.99. The van der Waals surface area contributed by atoms with Crippen molar-refractivity contribution in [3.63, 3.8) is 0 Å². The van der Waals surface area contributed by atoms with E-state index in [4.69, 9.17) is 36.2 Å². The molecule has 0 radical (unpaired) electrons. The minimum atomic E-state index is -5.75. The van der Waals surface area contributed by atoms with Gasteiger partial charge in [0, 0.05) is 20.6 Å². The van der Waals surface area contributed by atoms with Crippen LogP contribution in [0.3, 0.4) is 0 Å². The molecule has 0 atom stereocenters. The van der Waals surface area contributed by atoms with E-state index in [-0.39, 0.29) is 16.6 Å². The van der Waals surface area contributed by atoms with Crippen LogP contribution in [0, 0.1) is 0 Å². The molecule has 0 saturated carbocycles. The number of hydrogen-bond acceptors (Lipinski definition) is 6. The number of rotatable bonds is 9. The van der Waals surface area contributed by atoms with Crippen LogP contribution in [-0.4, -0.2) is 30.6 Å². The lowest BCUT2D eigenvalue weighted by molar-refractivity contribution is 0.0557. The lowest BCUT2D eigenvalue weighted by Crippen LogP contribution is -2.18. The van der Waals surface area contributed by atoms with Gasteiger partial charge in [-0.2, -0.15) is 13.9 Å². The third-order valence-electron chi connectivity index (χ3n) is 6.13. The molecule has 4 aromatic carbocycles. The summed E-state index contributed by atoms with van der Waals surface area (Å²) in [5.41, 5.74) is -3.36. The largest absolute Gasteiger partial charge is 0.478 e. The topological polar surface area (TPSA) is 134 Å². The van der Waals surface area contributed by atoms with E-state index in [0.29, 0.717) is 43.1 Å². The number of ether oxygens (including phenoxy) is 1. The molecule has 0 aliphatic carbocycles. The SMILES string of the molecule is O=C(O)c1cccc(Oc2cccc(-c3nn(Cc4ccc(C(F)(F)P(=O)(O)O)c(Br)c4)/c(=N\c4ccc(Cl)cc4)s3)c2)c1. The van der Waals surface area contributed by atoms with Crippen LogP contribution in [0.4, 0.5) is 14.5 Å². The summed E-state index contributed by atoms with van der Waals surface area (Å²) < 4.78 is 47.4. The number of hydrogen-bond donors (Lipinski definition) is 3. The van der Waals surface area contributed by atoms with Gasteiger partial charge in [0.05, 0.1) is 17.8 Å². The maximum Gasteiger partial charge on any atom is 0.399 e. The molecule has 5 rings (SSSR count). The van der Waals surface area contributed by atoms with Crippen molar-refractivity contribution in [1.29, 1.82) is 0 Å². The molecule has 9 nitrogen and oxygen atoms in total. The highest BCUT2D eigenvalue weighted by atomic mass is 79.9. The number of aromatic nitrogens is 2. The number of nitrogens with zero attached hydrogens (tertiary/aromatic N) is 3. The highest BCUT2D eigenvalue weighted by Gasteiger charge is 2.51. The molecule has 0 amide bonds. The van der Waals surface area contributed by atoms with Crippen molar-refractivity contribution in [2.75, 3.05) is 0 Å². The third kappa shape index (κ3) is 7.15. The number of aromatic carboxylic acids is 1. The fraction of sp³-hybridized carbons (Fsp3) is 0.0690. The molecular weight excluding hydrogens is 703 g/mol. The minimum absolute atomic E-state index is 0.0817. The predicted molar refractivity (Wildman–Crippen MR) is 165 cm³/mol. The quantitative estimate of drug-likeness (QED) is 0.131. The van der Waals surface area contributed by atoms with E-state index in [1.54, 1.807) is 59.3 Å². The van der Waals surface area contributed by atoms with Crippen molar-refractivity contribution in [2.45, 2.75) is 12.2 Å². The number of halogens is 4. The first-order valence-electron chi connectivity index (χ1n) is 12.5. The van der Waals surface area contributed by atoms with Gasteiger partial charge in [0.1, 0.15) is 16.5 Å². The maximum atomic E-state index is 14.4. The Bertz CT molecular complexity index is 1980. The number of carboxylic acid groups (broad SMARTS) is 1. The first kappa shape index (κ1) is 31.7. The van der Waals surface area contributed by atoms with Gasteiger partial charge in [0.2, 0.25) is 4.80 Å². The Morgan fingerprint density at radius 2 is 1.70 bits per heavy atom. The average molecular weight is 723 g/mol. The third-order valence-corrected chi connectivity index (χ3v) is 9.00. The van der Waals surface area contributed by atoms with Crippen molar-refractivity contribution in [2.24, 2.45) is 4.99 Å². The summed E-state index contributed by atoms with van der Waals surface area (Å²) in [5.74, 6) is -0.299. The van der Waals surface area contributed by atoms with Gasteiger partial charge in [-0.1, -0.05) is 69.2 Å². The monoisotopic (exact) mass is 721 g/mol. The Kier molecular flexibility index (Phi) is 9.17. The van der Waals surface area contributed by atoms with Gasteiger partial charge in [-0.25, -0.2) is 14.5 Å². The van der Waals surface area contributed by atoms with Gasteiger partial charge in [-0.05, 0) is 66.2 Å². The Labute approximate surface area is 266 Å². The lowest BCUT2D eigenvalue weighted by Gasteiger charge is -2.19. The second-order valence-corrected chi connectivity index (χ2v) is 13.2. The highest BCUT2D eigenvalue weighted by Crippen LogP contribution is 2.60. The molecule has 0 fully saturated rings. The Hall–Kier alpha value is -3.71. The first-order valence-corrected chi connectivity index (χ1v) is 16.1. The molecule has 0 aliphatic rings. The average Bonchev–Trinajstić information content (AvgIpc) is 3.35. The molecular formula is C29H20BrClF2N3O6PS. The number of benzene rings is 4. The van der Waals surface area contributed by atoms with Crippen molar-refractivity contribution >= 4 is 58.1 Å². The van der Waals surface area contributed by atoms with Gasteiger partial charge in [0.15, 0.2) is 0 Å². The summed E-state index contributed by atoms with van der Waals surface area (Å²) in [6.45, 7) is 0.0848. The lowest BCUT2D eigenvalue weighted by atomic mass is 10.1. The molecule has 0 aliphatic heterocycles. The molecule has 226 valence electrons. The van der Waals surface area contributed by atoms with Crippen LogP contribution in [-0.2, 0) is 16.8 Å². The Morgan fingerprint density at radius 1 is 1.02 bits per heavy atom. The van der Waals surface area contributed by atoms with Crippen LogP contribution >= 0.6 is 46.5 Å². The normalized spacial score (nSPS) is 12.4. The molecule has 0 spiro atoms. The van der Waals surface area contributed by atoms with Crippen molar-refractivity contribution in [1.82, 2.24) is 9.78 Å². The van der Waals surface area contributed by atoms with Gasteiger partial charge in [-0.15, -0.1) is 0 Å². The summed E-state index contributed by atoms with van der Waals surface area (Å²) >= 11 is 10.3. The first-order chi connectivity index (χ1) is 20.8. The summed E-state index contributed by atoms with van der Waals surface area (Å²) in [5, 5.41) is 15.1. The number of carboxylic acids is 1. The van der Waals surface area contributed by atoms with Gasteiger partial charge in [-0.3, -0.25) is 4.57 Å². The number of carbonyl (C=O) groups is 1. The summed E-state index contributed by atoms with van der Waals surface area (Å²) in [7, 11) is -5.75. The minimum Gasteiger partial charge on any atom is -0.478 e. The highest BCUT2D eigenvalue weighted by molar-refractivity contribution is 9.10. The second kappa shape index (κ2) is 12.7. The van der Waals surface area contributed by atoms with E-state index in [2.05, 4.69) is 15.9 Å². The molecule has 0 saturated heterocycles. The number of alkyl halides is 2. The fourth-order valence-corrected chi connectivity index (χ4v) is 6.37. The van der Waals surface area contributed by atoms with E-state index in [9.17, 15) is 23.2 Å². The van der Waals surface area contributed by atoms with Crippen LogP contribution in [0.25, 0.3) is 10.6 Å². The summed E-state index contributed by atoms with van der Waals surface area (Å²) in [4.78, 5) is 34.8. The summed E-state index contributed by atoms with van der Waals surface area (Å²) in [6, 6.07) is 23.6. The smallest absolute Gasteiger partial charge is 0.399 e. The zero-order chi connectivity index (χ0) is 31.6. The molecule has 0 unspecified atom stereocenters. The maximum absolute atomic E-state index is 14.4. The van der Waals surface area contributed by atoms with Crippen LogP contribution in [0.15, 0.2) is 100 Å². The predicted octanol–water partition coefficient (Wildman–Crippen LogP) is 8.03. The Morgan fingerprint density at radius 3 is 2.36 bits per heavy atom. The van der Waals surface area contributed by atoms with E-state index >= 15 is 0 Å². The van der Waals surface area contributed by atoms with Crippen LogP contribution in [0.2, 0.25) is 5.02 Å². The van der Waals surface area contributed by atoms with Crippen LogP contribution < -0.4 is 9.54 Å². The standard InChI is InChI=1S/C29H20BrClF2N3O6PS/c30-25-13-17(7-12-24(25)29(32,33)43(39,40)41)16-36-28(34-21-10-8-20(31)9-11-21)44-26(35-36)18-3-1-5-22(14-18)42-23-6-2-4-19(15-23)27(37)38/h1-15H,16H2,(H,37,38)(H2,39,40,41)/b34-28+. The summed E-state index contributed by atoms with van der Waals surface area (Å²) in [6.07, 6.45) is 0. The van der Waals surface area contributed by atoms with Crippen LogP contribution in [0.1, 0.15) is 21.5 Å². The Balaban J connectivity index is 1.52. The molecule has 15 heteroatoms. The van der Waals surface area contributed by atoms with Crippen LogP contribution in [0.5, 0.6) is 11.5 Å². The van der Waals surface area contributed by atoms with Gasteiger partial charge >= 0.3 is 19.2 Å². The zero-order valence-electron chi connectivity index (χ0n) is 22.1. The zero-order valence-corrected chi connectivity index (χ0v) is 26.2. The molecule has 5 aromatic rings. The molecule has 1 heterocycles. The van der Waals surface area contributed by atoms with Crippen molar-refractivity contribution in [3.05, 3.63) is 122 Å². The molecule has 3 N–H and O–H groups in total. The second-order valence-electron chi connectivity index (χ2n) is 9.30. The van der Waals surface area contributed by atoms with E-state index < -0.39 is 24.8 Å². The molecule has 44 heavy (non-hydrogen) atoms. The van der Waals surface area contributed by atoms with Gasteiger partial charge in [0.25, 0.3) is 0 Å². The van der Waals surface area contributed by atoms with E-state index in [1.807, 2.05) is 6.07 Å². The van der Waals surface area contributed by atoms with Crippen molar-refractivity contribution in [3.8, 4) is 22.1 Å². The van der Waals surface area contributed by atoms with E-state index in [1.165, 1.54) is 35.6 Å². The van der Waals surface area contributed by atoms with Crippen molar-refractivity contribution < 1.29 is 37.8 Å². The molecule has 1 aromatic heterocycles. The van der Waals surface area contributed by atoms with Gasteiger partial charge < -0.3 is 19.6 Å². The molecule has 0 bridgehead atoms. The van der Waals surface area contributed by atoms with E-state index in [0.717, 1.165) is 6.07 Å².